The molecule has 0 aromatic heterocycles. The van der Waals surface area contributed by atoms with Crippen LogP contribution < -0.4 is 0 Å². The molecule has 0 aliphatic carbocycles. The van der Waals surface area contributed by atoms with Crippen LogP contribution in [0.15, 0.2) is 0 Å². The Morgan fingerprint density at radius 3 is 1.50 bits per heavy atom. The van der Waals surface area contributed by atoms with Crippen LogP contribution in [0.25, 0.3) is 0 Å². The third-order valence-electron chi connectivity index (χ3n) is 0.156. The Morgan fingerprint density at radius 1 is 1.38 bits per heavy atom. The van der Waals surface area contributed by atoms with E-state index in [0.29, 0.717) is 0 Å². The first-order valence-corrected chi connectivity index (χ1v) is 3.50. The van der Waals surface area contributed by atoms with Crippen molar-refractivity contribution in [3.63, 3.8) is 0 Å². The van der Waals surface area contributed by atoms with Crippen LogP contribution in [0.4, 0.5) is 0 Å². The Labute approximate surface area is 96.9 Å². The van der Waals surface area contributed by atoms with Crippen LogP contribution in [0, 0.1) is 0 Å². The molecule has 0 rings (SSSR count). The van der Waals surface area contributed by atoms with E-state index >= 15 is 0 Å². The van der Waals surface area contributed by atoms with Gasteiger partial charge in [-0.15, -0.1) is 11.6 Å². The third kappa shape index (κ3) is 15.8. The number of rotatable bonds is 1. The summed E-state index contributed by atoms with van der Waals surface area (Å²) in [6.45, 7) is 0. The Morgan fingerprint density at radius 2 is 1.50 bits per heavy atom. The van der Waals surface area contributed by atoms with E-state index < -0.39 is 13.2 Å². The summed E-state index contributed by atoms with van der Waals surface area (Å²) in [5, 5.41) is 0. The van der Waals surface area contributed by atoms with Crippen molar-refractivity contribution in [2.45, 2.75) is 0 Å². The number of hydrogen-bond donors (Lipinski definition) is 2. The molecular formula is CH6ClNa2O3P. The summed E-state index contributed by atoms with van der Waals surface area (Å²) in [5.41, 5.74) is -0.590. The second-order valence-electron chi connectivity index (χ2n) is 0.784. The number of hydrogen-bond acceptors (Lipinski definition) is 1. The summed E-state index contributed by atoms with van der Waals surface area (Å²) in [6.07, 6.45) is 0. The Balaban J connectivity index is -0.000000125. The molecule has 0 saturated heterocycles. The van der Waals surface area contributed by atoms with Gasteiger partial charge >= 0.3 is 66.7 Å². The van der Waals surface area contributed by atoms with Gasteiger partial charge in [0.25, 0.3) is 0 Å². The Kier molecular flexibility index (Phi) is 15.9. The zero-order chi connectivity index (χ0) is 5.21. The van der Waals surface area contributed by atoms with Gasteiger partial charge in [0.1, 0.15) is 5.62 Å². The molecule has 2 N–H and O–H groups in total. The van der Waals surface area contributed by atoms with E-state index in [1.54, 1.807) is 0 Å². The van der Waals surface area contributed by atoms with Crippen molar-refractivity contribution in [1.82, 2.24) is 0 Å². The van der Waals surface area contributed by atoms with E-state index in [2.05, 4.69) is 0 Å². The Bertz CT molecular complexity index is 81.4. The van der Waals surface area contributed by atoms with Crippen molar-refractivity contribution in [2.75, 3.05) is 5.62 Å². The van der Waals surface area contributed by atoms with Crippen LogP contribution in [0.1, 0.15) is 0 Å². The van der Waals surface area contributed by atoms with Crippen molar-refractivity contribution in [1.29, 1.82) is 0 Å². The molecule has 0 bridgehead atoms. The van der Waals surface area contributed by atoms with E-state index in [1.165, 1.54) is 0 Å². The zero-order valence-corrected chi connectivity index (χ0v) is 4.49. The van der Waals surface area contributed by atoms with Crippen LogP contribution in [0.3, 0.4) is 0 Å². The topological polar surface area (TPSA) is 57.5 Å². The normalized spacial score (nSPS) is 8.88. The van der Waals surface area contributed by atoms with Gasteiger partial charge in [-0.05, 0) is 0 Å². The van der Waals surface area contributed by atoms with E-state index in [1.807, 2.05) is 0 Å². The molecule has 0 heterocycles. The maximum atomic E-state index is 9.56. The average molecular weight is 178 g/mol. The summed E-state index contributed by atoms with van der Waals surface area (Å²) in [5.74, 6) is 0. The van der Waals surface area contributed by atoms with Gasteiger partial charge in [-0.25, -0.2) is 0 Å². The van der Waals surface area contributed by atoms with E-state index in [-0.39, 0.29) is 59.1 Å². The van der Waals surface area contributed by atoms with Crippen molar-refractivity contribution in [2.24, 2.45) is 0 Å². The van der Waals surface area contributed by atoms with Gasteiger partial charge < -0.3 is 9.79 Å². The maximum absolute atomic E-state index is 9.56. The molecule has 0 fully saturated rings. The van der Waals surface area contributed by atoms with Gasteiger partial charge in [-0.3, -0.25) is 4.57 Å². The minimum absolute atomic E-state index is 0. The minimum atomic E-state index is -3.88. The first kappa shape index (κ1) is 16.8. The molecule has 0 saturated carbocycles. The average Bonchev–Trinajstić information content (AvgIpc) is 1.35. The van der Waals surface area contributed by atoms with Crippen molar-refractivity contribution in [3.05, 3.63) is 0 Å². The summed E-state index contributed by atoms with van der Waals surface area (Å²) in [6, 6.07) is 0. The fraction of sp³-hybridized carbons (Fsp3) is 1.00. The summed E-state index contributed by atoms with van der Waals surface area (Å²) in [7, 11) is -3.88. The summed E-state index contributed by atoms with van der Waals surface area (Å²) >= 11 is 4.71. The van der Waals surface area contributed by atoms with E-state index in [4.69, 9.17) is 21.4 Å². The first-order valence-electron chi connectivity index (χ1n) is 1.17. The zero-order valence-electron chi connectivity index (χ0n) is 2.83. The van der Waals surface area contributed by atoms with Crippen LogP contribution in [0.5, 0.6) is 0 Å². The van der Waals surface area contributed by atoms with Crippen molar-refractivity contribution >= 4 is 78.3 Å². The van der Waals surface area contributed by atoms with Gasteiger partial charge in [0, 0.05) is 0 Å². The quantitative estimate of drug-likeness (QED) is 0.310. The first-order chi connectivity index (χ1) is 2.56. The monoisotopic (exact) mass is 178 g/mol. The third-order valence-corrected chi connectivity index (χ3v) is 1.40. The van der Waals surface area contributed by atoms with Gasteiger partial charge in [0.15, 0.2) is 0 Å². The van der Waals surface area contributed by atoms with Crippen molar-refractivity contribution < 1.29 is 14.4 Å². The molecule has 0 aliphatic rings. The molecule has 0 radical (unpaired) electrons. The molecule has 42 valence electrons. The molecule has 7 heteroatoms. The molecular weight excluding hydrogens is 172 g/mol. The fourth-order valence-corrected chi connectivity index (χ4v) is 0. The van der Waals surface area contributed by atoms with Crippen LogP contribution in [-0.4, -0.2) is 74.5 Å². The predicted octanol–water partition coefficient (Wildman–Crippen LogP) is -0.937. The Hall–Kier alpha value is 2.44. The van der Waals surface area contributed by atoms with Gasteiger partial charge in [-0.2, -0.15) is 0 Å². The molecule has 0 unspecified atom stereocenters. The molecule has 3 nitrogen and oxygen atoms in total. The van der Waals surface area contributed by atoms with Crippen LogP contribution in [0.2, 0.25) is 0 Å². The number of alkyl halides is 1. The van der Waals surface area contributed by atoms with Gasteiger partial charge in [-0.1, -0.05) is 0 Å². The van der Waals surface area contributed by atoms with Crippen molar-refractivity contribution in [3.8, 4) is 0 Å². The standard InChI is InChI=1S/CH4ClO3P.2Na.2H/c2-1-6(3,4)5;;;;/h1H2,(H2,3,4,5);;;;. The molecule has 0 atom stereocenters. The van der Waals surface area contributed by atoms with Gasteiger partial charge in [0.05, 0.1) is 0 Å². The molecule has 0 amide bonds. The fourth-order valence-electron chi connectivity index (χ4n) is 0. The van der Waals surface area contributed by atoms with Crippen LogP contribution >= 0.6 is 19.2 Å². The SMILES string of the molecule is O=P(O)(O)CCl.[NaH].[NaH]. The second kappa shape index (κ2) is 7.55. The molecule has 0 spiro atoms. The second-order valence-corrected chi connectivity index (χ2v) is 3.07. The van der Waals surface area contributed by atoms with Gasteiger partial charge in [0.2, 0.25) is 0 Å². The number of halogens is 1. The van der Waals surface area contributed by atoms with Crippen LogP contribution in [-0.2, 0) is 4.57 Å². The van der Waals surface area contributed by atoms with E-state index in [9.17, 15) is 4.57 Å². The molecule has 0 aromatic rings. The molecule has 0 aliphatic heterocycles. The molecule has 0 aromatic carbocycles. The summed E-state index contributed by atoms with van der Waals surface area (Å²) in [4.78, 5) is 15.6. The summed E-state index contributed by atoms with van der Waals surface area (Å²) < 4.78 is 9.56. The predicted molar refractivity (Wildman–Crippen MR) is 37.1 cm³/mol. The van der Waals surface area contributed by atoms with E-state index in [0.717, 1.165) is 0 Å². The molecule has 8 heavy (non-hydrogen) atoms.